The molecule has 5 heteroatoms. The van der Waals surface area contributed by atoms with Gasteiger partial charge in [0.25, 0.3) is 0 Å². The monoisotopic (exact) mass is 250 g/mol. The molecular formula is C13H22N4O. The van der Waals surface area contributed by atoms with Crippen LogP contribution in [0.5, 0.6) is 0 Å². The zero-order valence-corrected chi connectivity index (χ0v) is 11.0. The van der Waals surface area contributed by atoms with Gasteiger partial charge in [0.15, 0.2) is 5.82 Å². The van der Waals surface area contributed by atoms with Crippen LogP contribution in [0.4, 0.5) is 0 Å². The lowest BCUT2D eigenvalue weighted by molar-refractivity contribution is 0.303. The summed E-state index contributed by atoms with van der Waals surface area (Å²) in [6, 6.07) is -0.119. The Morgan fingerprint density at radius 1 is 1.39 bits per heavy atom. The van der Waals surface area contributed by atoms with Gasteiger partial charge < -0.3 is 15.2 Å². The van der Waals surface area contributed by atoms with Gasteiger partial charge >= 0.3 is 0 Å². The Hall–Kier alpha value is -0.940. The molecular weight excluding hydrogens is 228 g/mol. The first kappa shape index (κ1) is 12.1. The zero-order chi connectivity index (χ0) is 12.5. The predicted octanol–water partition coefficient (Wildman–Crippen LogP) is 1.68. The maximum Gasteiger partial charge on any atom is 0.229 e. The Morgan fingerprint density at radius 2 is 2.11 bits per heavy atom. The first-order valence-electron chi connectivity index (χ1n) is 7.05. The minimum absolute atomic E-state index is 0.119. The number of aromatic nitrogens is 2. The normalized spacial score (nSPS) is 24.3. The first-order valence-corrected chi connectivity index (χ1v) is 7.05. The van der Waals surface area contributed by atoms with Gasteiger partial charge in [-0.05, 0) is 44.7 Å². The summed E-state index contributed by atoms with van der Waals surface area (Å²) in [4.78, 5) is 6.86. The summed E-state index contributed by atoms with van der Waals surface area (Å²) in [7, 11) is 0. The molecule has 1 aliphatic carbocycles. The van der Waals surface area contributed by atoms with Crippen LogP contribution >= 0.6 is 0 Å². The van der Waals surface area contributed by atoms with Crippen LogP contribution in [0.25, 0.3) is 0 Å². The topological polar surface area (TPSA) is 68.2 Å². The van der Waals surface area contributed by atoms with Crippen molar-refractivity contribution in [2.45, 2.75) is 44.6 Å². The van der Waals surface area contributed by atoms with Gasteiger partial charge in [0, 0.05) is 12.5 Å². The molecule has 0 amide bonds. The molecule has 5 nitrogen and oxygen atoms in total. The van der Waals surface area contributed by atoms with Crippen LogP contribution in [0, 0.1) is 5.92 Å². The van der Waals surface area contributed by atoms with Crippen molar-refractivity contribution in [2.75, 3.05) is 19.6 Å². The van der Waals surface area contributed by atoms with E-state index in [4.69, 9.17) is 10.3 Å². The predicted molar refractivity (Wildman–Crippen MR) is 68.0 cm³/mol. The minimum atomic E-state index is -0.119. The lowest BCUT2D eigenvalue weighted by Gasteiger charge is -2.17. The maximum atomic E-state index is 6.15. The number of likely N-dealkylation sites (tertiary alicyclic amines) is 1. The van der Waals surface area contributed by atoms with Crippen LogP contribution in [0.1, 0.15) is 56.3 Å². The first-order chi connectivity index (χ1) is 8.74. The summed E-state index contributed by atoms with van der Waals surface area (Å²) in [6.07, 6.45) is 5.14. The standard InChI is InChI=1S/C13H22N4O/c1-9(10-4-5-10)13-15-12(16-18-13)11(14)8-17-6-2-3-7-17/h9-11H,2-8,14H2,1H3. The van der Waals surface area contributed by atoms with E-state index in [0.717, 1.165) is 31.4 Å². The second-order valence-electron chi connectivity index (χ2n) is 5.73. The smallest absolute Gasteiger partial charge is 0.229 e. The molecule has 18 heavy (non-hydrogen) atoms. The molecule has 1 saturated heterocycles. The van der Waals surface area contributed by atoms with Gasteiger partial charge in [-0.15, -0.1) is 0 Å². The van der Waals surface area contributed by atoms with Gasteiger partial charge in [0.1, 0.15) is 0 Å². The molecule has 1 aromatic heterocycles. The maximum absolute atomic E-state index is 6.15. The molecule has 100 valence electrons. The average Bonchev–Trinajstić information content (AvgIpc) is 2.89. The van der Waals surface area contributed by atoms with E-state index < -0.39 is 0 Å². The molecule has 2 atom stereocenters. The lowest BCUT2D eigenvalue weighted by atomic mass is 10.1. The number of nitrogens with two attached hydrogens (primary N) is 1. The van der Waals surface area contributed by atoms with E-state index in [0.29, 0.717) is 11.7 Å². The molecule has 2 aliphatic rings. The highest BCUT2D eigenvalue weighted by atomic mass is 16.5. The van der Waals surface area contributed by atoms with Crippen LogP contribution in [-0.4, -0.2) is 34.7 Å². The summed E-state index contributed by atoms with van der Waals surface area (Å²) >= 11 is 0. The average molecular weight is 250 g/mol. The van der Waals surface area contributed by atoms with Crippen LogP contribution in [0.2, 0.25) is 0 Å². The van der Waals surface area contributed by atoms with Gasteiger partial charge in [-0.3, -0.25) is 0 Å². The Labute approximate surface area is 108 Å². The van der Waals surface area contributed by atoms with E-state index in [9.17, 15) is 0 Å². The number of hydrogen-bond acceptors (Lipinski definition) is 5. The largest absolute Gasteiger partial charge is 0.339 e. The number of rotatable bonds is 5. The van der Waals surface area contributed by atoms with Crippen LogP contribution in [0.3, 0.4) is 0 Å². The molecule has 2 unspecified atom stereocenters. The van der Waals surface area contributed by atoms with Gasteiger partial charge in [-0.1, -0.05) is 12.1 Å². The third-order valence-corrected chi connectivity index (χ3v) is 4.16. The van der Waals surface area contributed by atoms with Crippen molar-refractivity contribution in [3.8, 4) is 0 Å². The highest BCUT2D eigenvalue weighted by Gasteiger charge is 2.33. The molecule has 0 spiro atoms. The van der Waals surface area contributed by atoms with Gasteiger partial charge in [0.2, 0.25) is 5.89 Å². The summed E-state index contributed by atoms with van der Waals surface area (Å²) in [5.41, 5.74) is 6.15. The van der Waals surface area contributed by atoms with E-state index in [1.165, 1.54) is 25.7 Å². The van der Waals surface area contributed by atoms with E-state index in [2.05, 4.69) is 22.0 Å². The quantitative estimate of drug-likeness (QED) is 0.861. The Balaban J connectivity index is 1.60. The van der Waals surface area contributed by atoms with Crippen molar-refractivity contribution >= 4 is 0 Å². The van der Waals surface area contributed by atoms with Crippen molar-refractivity contribution in [3.05, 3.63) is 11.7 Å². The Morgan fingerprint density at radius 3 is 2.78 bits per heavy atom. The molecule has 1 saturated carbocycles. The van der Waals surface area contributed by atoms with Crippen LogP contribution in [0.15, 0.2) is 4.52 Å². The van der Waals surface area contributed by atoms with E-state index in [1.807, 2.05) is 0 Å². The third-order valence-electron chi connectivity index (χ3n) is 4.16. The van der Waals surface area contributed by atoms with Crippen molar-refractivity contribution in [3.63, 3.8) is 0 Å². The fraction of sp³-hybridized carbons (Fsp3) is 0.846. The molecule has 2 fully saturated rings. The minimum Gasteiger partial charge on any atom is -0.339 e. The Kier molecular flexibility index (Phi) is 3.35. The van der Waals surface area contributed by atoms with E-state index in [-0.39, 0.29) is 6.04 Å². The van der Waals surface area contributed by atoms with Gasteiger partial charge in [0.05, 0.1) is 6.04 Å². The van der Waals surface area contributed by atoms with Crippen molar-refractivity contribution in [1.29, 1.82) is 0 Å². The van der Waals surface area contributed by atoms with E-state index in [1.54, 1.807) is 0 Å². The van der Waals surface area contributed by atoms with Crippen molar-refractivity contribution < 1.29 is 4.52 Å². The van der Waals surface area contributed by atoms with Crippen molar-refractivity contribution in [1.82, 2.24) is 15.0 Å². The van der Waals surface area contributed by atoms with Crippen LogP contribution < -0.4 is 5.73 Å². The summed E-state index contributed by atoms with van der Waals surface area (Å²) < 4.78 is 5.35. The number of nitrogens with zero attached hydrogens (tertiary/aromatic N) is 3. The summed E-state index contributed by atoms with van der Waals surface area (Å²) in [6.45, 7) is 5.31. The molecule has 0 aromatic carbocycles. The summed E-state index contributed by atoms with van der Waals surface area (Å²) in [5.74, 6) is 2.58. The van der Waals surface area contributed by atoms with Gasteiger partial charge in [-0.2, -0.15) is 4.98 Å². The van der Waals surface area contributed by atoms with Crippen LogP contribution in [-0.2, 0) is 0 Å². The molecule has 0 radical (unpaired) electrons. The van der Waals surface area contributed by atoms with Crippen molar-refractivity contribution in [2.24, 2.45) is 11.7 Å². The molecule has 2 N–H and O–H groups in total. The molecule has 0 bridgehead atoms. The molecule has 3 rings (SSSR count). The van der Waals surface area contributed by atoms with Gasteiger partial charge in [-0.25, -0.2) is 0 Å². The second-order valence-corrected chi connectivity index (χ2v) is 5.73. The molecule has 1 aromatic rings. The van der Waals surface area contributed by atoms with E-state index >= 15 is 0 Å². The second kappa shape index (κ2) is 4.97. The summed E-state index contributed by atoms with van der Waals surface area (Å²) in [5, 5.41) is 4.05. The fourth-order valence-electron chi connectivity index (χ4n) is 2.71. The highest BCUT2D eigenvalue weighted by Crippen LogP contribution is 2.41. The SMILES string of the molecule is CC(c1nc(C(N)CN2CCCC2)no1)C1CC1. The third kappa shape index (κ3) is 2.57. The Bertz CT molecular complexity index is 395. The molecule has 1 aliphatic heterocycles. The highest BCUT2D eigenvalue weighted by molar-refractivity contribution is 5.01. The lowest BCUT2D eigenvalue weighted by Crippen LogP contribution is -2.30. The molecule has 2 heterocycles. The number of hydrogen-bond donors (Lipinski definition) is 1. The fourth-order valence-corrected chi connectivity index (χ4v) is 2.71. The zero-order valence-electron chi connectivity index (χ0n) is 11.0.